The molecule has 0 aliphatic carbocycles. The van der Waals surface area contributed by atoms with Crippen LogP contribution in [0.2, 0.25) is 0 Å². The van der Waals surface area contributed by atoms with Crippen LogP contribution >= 0.6 is 0 Å². The van der Waals surface area contributed by atoms with Gasteiger partial charge < -0.3 is 14.2 Å². The highest BCUT2D eigenvalue weighted by Crippen LogP contribution is 2.17. The van der Waals surface area contributed by atoms with Gasteiger partial charge in [-0.1, -0.05) is 293 Å². The van der Waals surface area contributed by atoms with Crippen molar-refractivity contribution in [1.82, 2.24) is 0 Å². The minimum atomic E-state index is -0.802. The Kier molecular flexibility index (Phi) is 59.7. The van der Waals surface area contributed by atoms with Gasteiger partial charge in [-0.25, -0.2) is 0 Å². The van der Waals surface area contributed by atoms with E-state index in [1.54, 1.807) is 0 Å². The maximum atomic E-state index is 12.9. The zero-order valence-electron chi connectivity index (χ0n) is 49.1. The molecule has 0 saturated heterocycles. The molecule has 1 atom stereocenters. The molecule has 0 rings (SSSR count). The van der Waals surface area contributed by atoms with Crippen LogP contribution in [0, 0.1) is 0 Å². The Morgan fingerprint density at radius 3 is 0.892 bits per heavy atom. The molecule has 6 heteroatoms. The van der Waals surface area contributed by atoms with Gasteiger partial charge in [-0.2, -0.15) is 0 Å². The van der Waals surface area contributed by atoms with Gasteiger partial charge in [-0.05, 0) is 83.5 Å². The van der Waals surface area contributed by atoms with Gasteiger partial charge in [-0.15, -0.1) is 0 Å². The van der Waals surface area contributed by atoms with Crippen molar-refractivity contribution in [3.05, 3.63) is 72.9 Å². The summed E-state index contributed by atoms with van der Waals surface area (Å²) in [6, 6.07) is 0. The van der Waals surface area contributed by atoms with Gasteiger partial charge in [0.1, 0.15) is 13.2 Å². The summed E-state index contributed by atoms with van der Waals surface area (Å²) >= 11 is 0. The summed E-state index contributed by atoms with van der Waals surface area (Å²) in [5, 5.41) is 0. The number of rotatable bonds is 58. The molecular weight excluding hydrogens is 913 g/mol. The first-order valence-electron chi connectivity index (χ1n) is 31.9. The van der Waals surface area contributed by atoms with Crippen molar-refractivity contribution in [3.63, 3.8) is 0 Å². The van der Waals surface area contributed by atoms with Gasteiger partial charge in [0.05, 0.1) is 0 Å². The van der Waals surface area contributed by atoms with Crippen LogP contribution < -0.4 is 0 Å². The van der Waals surface area contributed by atoms with Crippen LogP contribution in [0.3, 0.4) is 0 Å². The lowest BCUT2D eigenvalue weighted by Crippen LogP contribution is -2.30. The number of esters is 3. The van der Waals surface area contributed by atoms with Gasteiger partial charge in [0, 0.05) is 19.3 Å². The molecule has 0 radical (unpaired) electrons. The van der Waals surface area contributed by atoms with Crippen LogP contribution in [0.25, 0.3) is 0 Å². The molecule has 0 aliphatic heterocycles. The van der Waals surface area contributed by atoms with Gasteiger partial charge >= 0.3 is 17.9 Å². The fourth-order valence-electron chi connectivity index (χ4n) is 9.16. The van der Waals surface area contributed by atoms with E-state index in [1.165, 1.54) is 173 Å². The topological polar surface area (TPSA) is 78.9 Å². The standard InChI is InChI=1S/C68H120O6/c1-4-7-10-13-16-19-22-25-28-29-30-31-32-33-34-35-36-37-38-39-41-43-46-49-52-55-58-61-67(70)73-64-65(63-72-66(69)60-57-54-51-48-45-42-27-24-21-18-15-12-9-6-3)74-68(71)62-59-56-53-50-47-44-40-26-23-20-17-14-11-8-5-2/h8,11,15,17-18,20,24,26-27,40,47,50,65H,4-7,9-10,12-14,16,19,21-23,25,28-39,41-46,48-49,51-64H2,1-3H3/b11-8-,18-15-,20-17-,27-24-,40-26-,50-47-. The lowest BCUT2D eigenvalue weighted by molar-refractivity contribution is -0.167. The monoisotopic (exact) mass is 1030 g/mol. The van der Waals surface area contributed by atoms with E-state index in [0.717, 1.165) is 103 Å². The van der Waals surface area contributed by atoms with E-state index >= 15 is 0 Å². The van der Waals surface area contributed by atoms with E-state index in [0.29, 0.717) is 19.3 Å². The average Bonchev–Trinajstić information content (AvgIpc) is 3.40. The minimum absolute atomic E-state index is 0.0943. The second-order valence-corrected chi connectivity index (χ2v) is 21.3. The predicted octanol–water partition coefficient (Wildman–Crippen LogP) is 21.7. The Bertz CT molecular complexity index is 1370. The Morgan fingerprint density at radius 2 is 0.541 bits per heavy atom. The normalized spacial score (nSPS) is 12.5. The molecule has 0 aromatic heterocycles. The molecule has 0 heterocycles. The zero-order chi connectivity index (χ0) is 53.6. The van der Waals surface area contributed by atoms with Gasteiger partial charge in [-0.3, -0.25) is 14.4 Å². The number of carbonyl (C=O) groups excluding carboxylic acids is 3. The van der Waals surface area contributed by atoms with Crippen LogP contribution in [0.15, 0.2) is 72.9 Å². The highest BCUT2D eigenvalue weighted by Gasteiger charge is 2.19. The number of allylic oxidation sites excluding steroid dienone is 12. The molecule has 1 unspecified atom stereocenters. The van der Waals surface area contributed by atoms with Crippen molar-refractivity contribution < 1.29 is 28.6 Å². The number of unbranched alkanes of at least 4 members (excludes halogenated alkanes) is 35. The van der Waals surface area contributed by atoms with E-state index in [1.807, 2.05) is 0 Å². The quantitative estimate of drug-likeness (QED) is 0.0261. The van der Waals surface area contributed by atoms with Crippen molar-refractivity contribution >= 4 is 17.9 Å². The van der Waals surface area contributed by atoms with Crippen molar-refractivity contribution in [2.75, 3.05) is 13.2 Å². The second kappa shape index (κ2) is 62.4. The average molecular weight is 1030 g/mol. The number of ether oxygens (including phenoxy) is 3. The molecule has 428 valence electrons. The molecule has 0 aliphatic rings. The van der Waals surface area contributed by atoms with Crippen LogP contribution in [0.5, 0.6) is 0 Å². The summed E-state index contributed by atoms with van der Waals surface area (Å²) in [6.07, 6.45) is 80.7. The van der Waals surface area contributed by atoms with Crippen LogP contribution in [0.1, 0.15) is 323 Å². The number of hydrogen-bond acceptors (Lipinski definition) is 6. The summed E-state index contributed by atoms with van der Waals surface area (Å²) in [5.74, 6) is -0.938. The summed E-state index contributed by atoms with van der Waals surface area (Å²) in [5.41, 5.74) is 0. The molecule has 0 amide bonds. The SMILES string of the molecule is CC/C=C\C/C=C\C/C=C\C/C=C\CCCCC(=O)OC(COC(=O)CCCCCCC/C=C\C/C=C\CCCC)COC(=O)CCCCCCCCCCCCCCCCCCCCCCCCCCCCC. The van der Waals surface area contributed by atoms with E-state index in [4.69, 9.17) is 14.2 Å². The third-order valence-corrected chi connectivity index (χ3v) is 13.9. The molecule has 0 aromatic carbocycles. The fourth-order valence-corrected chi connectivity index (χ4v) is 9.16. The van der Waals surface area contributed by atoms with Crippen molar-refractivity contribution in [2.24, 2.45) is 0 Å². The molecule has 74 heavy (non-hydrogen) atoms. The zero-order valence-corrected chi connectivity index (χ0v) is 49.1. The van der Waals surface area contributed by atoms with E-state index in [9.17, 15) is 14.4 Å². The first-order chi connectivity index (χ1) is 36.5. The summed E-state index contributed by atoms with van der Waals surface area (Å²) < 4.78 is 16.9. The summed E-state index contributed by atoms with van der Waals surface area (Å²) in [7, 11) is 0. The Hall–Kier alpha value is -3.15. The minimum Gasteiger partial charge on any atom is -0.462 e. The van der Waals surface area contributed by atoms with Gasteiger partial charge in [0.25, 0.3) is 0 Å². The first-order valence-corrected chi connectivity index (χ1v) is 31.9. The molecule has 0 spiro atoms. The molecule has 0 fully saturated rings. The molecular formula is C68H120O6. The maximum absolute atomic E-state index is 12.9. The summed E-state index contributed by atoms with van der Waals surface area (Å²) in [4.78, 5) is 38.2. The van der Waals surface area contributed by atoms with E-state index in [2.05, 4.69) is 93.7 Å². The van der Waals surface area contributed by atoms with Crippen molar-refractivity contribution in [2.45, 2.75) is 329 Å². The molecule has 6 nitrogen and oxygen atoms in total. The Balaban J connectivity index is 4.25. The number of hydrogen-bond donors (Lipinski definition) is 0. The Morgan fingerprint density at radius 1 is 0.284 bits per heavy atom. The lowest BCUT2D eigenvalue weighted by Gasteiger charge is -2.18. The van der Waals surface area contributed by atoms with E-state index < -0.39 is 6.10 Å². The highest BCUT2D eigenvalue weighted by molar-refractivity contribution is 5.71. The van der Waals surface area contributed by atoms with Crippen molar-refractivity contribution in [3.8, 4) is 0 Å². The summed E-state index contributed by atoms with van der Waals surface area (Å²) in [6.45, 7) is 6.48. The molecule has 0 N–H and O–H groups in total. The second-order valence-electron chi connectivity index (χ2n) is 21.3. The third-order valence-electron chi connectivity index (χ3n) is 13.9. The first kappa shape index (κ1) is 70.8. The Labute approximate surface area is 459 Å². The number of carbonyl (C=O) groups is 3. The molecule has 0 aromatic rings. The molecule has 0 saturated carbocycles. The third kappa shape index (κ3) is 59.7. The van der Waals surface area contributed by atoms with Crippen LogP contribution in [0.4, 0.5) is 0 Å². The van der Waals surface area contributed by atoms with Gasteiger partial charge in [0.15, 0.2) is 6.10 Å². The fraction of sp³-hybridized carbons (Fsp3) is 0.779. The smallest absolute Gasteiger partial charge is 0.306 e. The largest absolute Gasteiger partial charge is 0.462 e. The van der Waals surface area contributed by atoms with Crippen LogP contribution in [-0.2, 0) is 28.6 Å². The van der Waals surface area contributed by atoms with E-state index in [-0.39, 0.29) is 37.5 Å². The molecule has 0 bridgehead atoms. The van der Waals surface area contributed by atoms with Crippen molar-refractivity contribution in [1.29, 1.82) is 0 Å². The van der Waals surface area contributed by atoms with Gasteiger partial charge in [0.2, 0.25) is 0 Å². The van der Waals surface area contributed by atoms with Crippen LogP contribution in [-0.4, -0.2) is 37.2 Å². The lowest BCUT2D eigenvalue weighted by atomic mass is 10.0. The maximum Gasteiger partial charge on any atom is 0.306 e. The predicted molar refractivity (Wildman–Crippen MR) is 321 cm³/mol. The highest BCUT2D eigenvalue weighted by atomic mass is 16.6.